The predicted octanol–water partition coefficient (Wildman–Crippen LogP) is -1.91. The molecule has 0 saturated heterocycles. The summed E-state index contributed by atoms with van der Waals surface area (Å²) in [7, 11) is 0. The van der Waals surface area contributed by atoms with Crippen molar-refractivity contribution in [3.8, 4) is 0 Å². The summed E-state index contributed by atoms with van der Waals surface area (Å²) in [4.78, 5) is 21.6. The third kappa shape index (κ3) is 0.325. The molecule has 0 aliphatic heterocycles. The number of nitrogens with one attached hydrogen (secondary N) is 2. The molecule has 36 valence electrons. The van der Waals surface area contributed by atoms with Gasteiger partial charge < -0.3 is 0 Å². The van der Waals surface area contributed by atoms with Gasteiger partial charge in [0.1, 0.15) is 0 Å². The van der Waals surface area contributed by atoms with Gasteiger partial charge in [0.05, 0.1) is 0 Å². The Morgan fingerprint density at radius 1 is 1.29 bits per heavy atom. The molecule has 1 aromatic heterocycles. The van der Waals surface area contributed by atoms with E-state index in [1.807, 2.05) is 4.98 Å². The first-order valence-electron chi connectivity index (χ1n) is 1.66. The van der Waals surface area contributed by atoms with Crippen LogP contribution in [0.1, 0.15) is 0 Å². The smallest absolute Gasteiger partial charge is 0.281 e. The average molecular weight is 98.1 g/mol. The molecular formula is C3H2N2O2. The highest BCUT2D eigenvalue weighted by atomic mass is 16.2. The molecule has 7 heavy (non-hydrogen) atoms. The molecule has 0 aliphatic carbocycles. The largest absolute Gasteiger partial charge is 0.291 e. The second kappa shape index (κ2) is 0.900. The standard InChI is InChI=1S/C3H2N2O2/c4-1-2(6)5-3(1)7/h4H,(H,5,6,7). The van der Waals surface area contributed by atoms with Gasteiger partial charge in [-0.25, -0.2) is 0 Å². The summed E-state index contributed by atoms with van der Waals surface area (Å²) < 4.78 is 0. The summed E-state index contributed by atoms with van der Waals surface area (Å²) in [5, 5.41) is 6.04. The van der Waals surface area contributed by atoms with Crippen molar-refractivity contribution in [1.82, 2.24) is 4.98 Å². The summed E-state index contributed by atoms with van der Waals surface area (Å²) >= 11 is 0. The predicted molar refractivity (Wildman–Crippen MR) is 21.6 cm³/mol. The lowest BCUT2D eigenvalue weighted by molar-refractivity contribution is 0.965. The second-order valence-corrected chi connectivity index (χ2v) is 1.16. The van der Waals surface area contributed by atoms with Crippen LogP contribution in [0.15, 0.2) is 9.59 Å². The van der Waals surface area contributed by atoms with Crippen molar-refractivity contribution in [2.45, 2.75) is 0 Å². The molecule has 1 aromatic rings. The molecule has 0 fully saturated rings. The van der Waals surface area contributed by atoms with E-state index < -0.39 is 16.5 Å². The topological polar surface area (TPSA) is 73.8 Å². The van der Waals surface area contributed by atoms with E-state index in [0.717, 1.165) is 0 Å². The summed E-state index contributed by atoms with van der Waals surface area (Å²) in [5.74, 6) is 0. The zero-order chi connectivity index (χ0) is 5.44. The molecule has 1 rings (SSSR count). The lowest BCUT2D eigenvalue weighted by Crippen LogP contribution is -2.51. The van der Waals surface area contributed by atoms with Crippen LogP contribution in [0.4, 0.5) is 0 Å². The van der Waals surface area contributed by atoms with Crippen molar-refractivity contribution >= 4 is 0 Å². The summed E-state index contributed by atoms with van der Waals surface area (Å²) in [6.45, 7) is 0. The number of hydrogen-bond donors (Lipinski definition) is 2. The van der Waals surface area contributed by atoms with Crippen LogP contribution in [0.25, 0.3) is 0 Å². The lowest BCUT2D eigenvalue weighted by atomic mass is 10.5. The van der Waals surface area contributed by atoms with Crippen molar-refractivity contribution < 1.29 is 0 Å². The van der Waals surface area contributed by atoms with Crippen molar-refractivity contribution in [3.63, 3.8) is 0 Å². The molecule has 0 spiro atoms. The van der Waals surface area contributed by atoms with E-state index >= 15 is 0 Å². The fourth-order valence-electron chi connectivity index (χ4n) is 0.269. The Balaban J connectivity index is 3.77. The number of H-pyrrole nitrogens is 1. The first-order valence-corrected chi connectivity index (χ1v) is 1.66. The lowest BCUT2D eigenvalue weighted by Gasteiger charge is -1.77. The molecule has 0 unspecified atom stereocenters. The Hall–Kier alpha value is -1.19. The van der Waals surface area contributed by atoms with E-state index in [4.69, 9.17) is 5.41 Å². The van der Waals surface area contributed by atoms with E-state index in [1.54, 1.807) is 0 Å². The van der Waals surface area contributed by atoms with Crippen LogP contribution in [-0.2, 0) is 0 Å². The van der Waals surface area contributed by atoms with Crippen molar-refractivity contribution in [1.29, 1.82) is 5.41 Å². The quantitative estimate of drug-likeness (QED) is 0.397. The SMILES string of the molecule is N=c1c(=O)[nH]c1=O. The Morgan fingerprint density at radius 2 is 1.71 bits per heavy atom. The van der Waals surface area contributed by atoms with Gasteiger partial charge in [0.15, 0.2) is 5.36 Å². The van der Waals surface area contributed by atoms with Crippen molar-refractivity contribution in [3.05, 3.63) is 26.1 Å². The van der Waals surface area contributed by atoms with Crippen LogP contribution in [0.3, 0.4) is 0 Å². The van der Waals surface area contributed by atoms with Gasteiger partial charge >= 0.3 is 0 Å². The first kappa shape index (κ1) is 3.98. The zero-order valence-electron chi connectivity index (χ0n) is 3.32. The maximum atomic E-state index is 9.88. The average Bonchev–Trinajstić information content (AvgIpc) is 1.68. The minimum Gasteiger partial charge on any atom is -0.291 e. The van der Waals surface area contributed by atoms with Crippen LogP contribution in [0.5, 0.6) is 0 Å². The fraction of sp³-hybridized carbons (Fsp3) is 0. The van der Waals surface area contributed by atoms with Gasteiger partial charge in [0.25, 0.3) is 11.1 Å². The van der Waals surface area contributed by atoms with Gasteiger partial charge in [0, 0.05) is 0 Å². The molecule has 0 saturated carbocycles. The highest BCUT2D eigenvalue weighted by molar-refractivity contribution is 4.82. The first-order chi connectivity index (χ1) is 3.22. The monoisotopic (exact) mass is 98.0 g/mol. The molecule has 0 radical (unpaired) electrons. The maximum absolute atomic E-state index is 9.88. The van der Waals surface area contributed by atoms with E-state index in [9.17, 15) is 9.59 Å². The minimum absolute atomic E-state index is 0.444. The van der Waals surface area contributed by atoms with Gasteiger partial charge in [0.2, 0.25) is 0 Å². The molecule has 0 amide bonds. The molecule has 0 bridgehead atoms. The number of aromatic nitrogens is 1. The maximum Gasteiger partial charge on any atom is 0.281 e. The number of aromatic amines is 1. The molecule has 0 aliphatic rings. The third-order valence-corrected chi connectivity index (χ3v) is 0.681. The Morgan fingerprint density at radius 3 is 1.71 bits per heavy atom. The van der Waals surface area contributed by atoms with Gasteiger partial charge in [-0.1, -0.05) is 0 Å². The van der Waals surface area contributed by atoms with Crippen LogP contribution in [0, 0.1) is 5.41 Å². The Labute approximate surface area is 37.6 Å². The molecular weight excluding hydrogens is 96.0 g/mol. The molecule has 0 atom stereocenters. The van der Waals surface area contributed by atoms with E-state index in [0.29, 0.717) is 0 Å². The van der Waals surface area contributed by atoms with Gasteiger partial charge in [-0.15, -0.1) is 0 Å². The Kier molecular flexibility index (Phi) is 0.512. The van der Waals surface area contributed by atoms with Gasteiger partial charge in [-0.05, 0) is 0 Å². The molecule has 0 aromatic carbocycles. The molecule has 2 N–H and O–H groups in total. The highest BCUT2D eigenvalue weighted by Crippen LogP contribution is 1.28. The van der Waals surface area contributed by atoms with Crippen molar-refractivity contribution in [2.24, 2.45) is 0 Å². The van der Waals surface area contributed by atoms with Crippen LogP contribution in [0.2, 0.25) is 0 Å². The summed E-state index contributed by atoms with van der Waals surface area (Å²) in [5.41, 5.74) is -1.16. The fourth-order valence-corrected chi connectivity index (χ4v) is 0.269. The third-order valence-electron chi connectivity index (χ3n) is 0.681. The number of hydrogen-bond acceptors (Lipinski definition) is 3. The molecule has 4 heteroatoms. The normalized spacial score (nSPS) is 9.71. The summed E-state index contributed by atoms with van der Waals surface area (Å²) in [6, 6.07) is 0. The molecule has 1 heterocycles. The highest BCUT2D eigenvalue weighted by Gasteiger charge is 1.96. The van der Waals surface area contributed by atoms with Gasteiger partial charge in [-0.2, -0.15) is 0 Å². The molecule has 4 nitrogen and oxygen atoms in total. The second-order valence-electron chi connectivity index (χ2n) is 1.16. The summed E-state index contributed by atoms with van der Waals surface area (Å²) in [6.07, 6.45) is 0. The van der Waals surface area contributed by atoms with Crippen LogP contribution < -0.4 is 16.5 Å². The van der Waals surface area contributed by atoms with Crippen LogP contribution in [-0.4, -0.2) is 4.98 Å². The van der Waals surface area contributed by atoms with E-state index in [1.165, 1.54) is 0 Å². The van der Waals surface area contributed by atoms with E-state index in [-0.39, 0.29) is 0 Å². The number of rotatable bonds is 0. The zero-order valence-corrected chi connectivity index (χ0v) is 3.32. The van der Waals surface area contributed by atoms with Gasteiger partial charge in [-0.3, -0.25) is 20.0 Å². The van der Waals surface area contributed by atoms with Crippen LogP contribution >= 0.6 is 0 Å². The Bertz CT molecular complexity index is 262. The minimum atomic E-state index is -0.579. The van der Waals surface area contributed by atoms with E-state index in [2.05, 4.69) is 0 Å². The van der Waals surface area contributed by atoms with Crippen molar-refractivity contribution in [2.75, 3.05) is 0 Å².